The molecular formula is C16H26N2O. The molecule has 0 unspecified atom stereocenters. The number of nitrogens with zero attached hydrogens (tertiary/aromatic N) is 1. The van der Waals surface area contributed by atoms with Gasteiger partial charge in [0.05, 0.1) is 0 Å². The summed E-state index contributed by atoms with van der Waals surface area (Å²) in [6, 6.07) is 5.23. The average molecular weight is 262 g/mol. The van der Waals surface area contributed by atoms with E-state index in [1.54, 1.807) is 0 Å². The van der Waals surface area contributed by atoms with Crippen LogP contribution >= 0.6 is 0 Å². The molecule has 3 nitrogen and oxygen atoms in total. The molecule has 0 aromatic heterocycles. The summed E-state index contributed by atoms with van der Waals surface area (Å²) in [7, 11) is 2.19. The third-order valence-electron chi connectivity index (χ3n) is 4.35. The molecule has 106 valence electrons. The fourth-order valence-electron chi connectivity index (χ4n) is 3.10. The Morgan fingerprint density at radius 2 is 1.68 bits per heavy atom. The van der Waals surface area contributed by atoms with Crippen molar-refractivity contribution in [1.82, 2.24) is 4.90 Å². The predicted molar refractivity (Wildman–Crippen MR) is 79.3 cm³/mol. The van der Waals surface area contributed by atoms with Gasteiger partial charge in [-0.05, 0) is 63.3 Å². The number of hydrogen-bond donors (Lipinski definition) is 2. The Labute approximate surface area is 116 Å². The lowest BCUT2D eigenvalue weighted by Gasteiger charge is -2.33. The first-order valence-electron chi connectivity index (χ1n) is 7.22. The van der Waals surface area contributed by atoms with Crippen LogP contribution in [0.25, 0.3) is 0 Å². The van der Waals surface area contributed by atoms with Crippen LogP contribution in [0, 0.1) is 13.8 Å². The molecular weight excluding hydrogens is 236 g/mol. The first kappa shape index (κ1) is 14.4. The molecule has 1 aromatic carbocycles. The molecule has 0 spiro atoms. The highest BCUT2D eigenvalue weighted by Gasteiger charge is 2.22. The number of phenolic OH excluding ortho intramolecular Hbond substituents is 1. The van der Waals surface area contributed by atoms with Gasteiger partial charge >= 0.3 is 0 Å². The maximum absolute atomic E-state index is 9.82. The Morgan fingerprint density at radius 1 is 1.16 bits per heavy atom. The first-order valence-corrected chi connectivity index (χ1v) is 7.22. The molecule has 19 heavy (non-hydrogen) atoms. The van der Waals surface area contributed by atoms with Crippen molar-refractivity contribution in [3.8, 4) is 5.75 Å². The smallest absolute Gasteiger partial charge is 0.121 e. The van der Waals surface area contributed by atoms with Crippen molar-refractivity contribution >= 4 is 0 Å². The summed E-state index contributed by atoms with van der Waals surface area (Å²) in [6.45, 7) is 4.87. The zero-order valence-corrected chi connectivity index (χ0v) is 12.3. The number of aryl methyl sites for hydroxylation is 2. The summed E-state index contributed by atoms with van der Waals surface area (Å²) >= 11 is 0. The summed E-state index contributed by atoms with van der Waals surface area (Å²) in [6.07, 6.45) is 4.69. The van der Waals surface area contributed by atoms with Crippen LogP contribution in [0.1, 0.15) is 42.4 Å². The van der Waals surface area contributed by atoms with Crippen LogP contribution in [0.4, 0.5) is 0 Å². The van der Waals surface area contributed by atoms with Gasteiger partial charge in [0.1, 0.15) is 5.75 Å². The van der Waals surface area contributed by atoms with Crippen molar-refractivity contribution in [3.05, 3.63) is 28.8 Å². The van der Waals surface area contributed by atoms with Crippen molar-refractivity contribution in [3.63, 3.8) is 0 Å². The number of aromatic hydroxyl groups is 1. The molecule has 0 atom stereocenters. The molecule has 2 rings (SSSR count). The van der Waals surface area contributed by atoms with Gasteiger partial charge in [0.15, 0.2) is 0 Å². The maximum atomic E-state index is 9.82. The quantitative estimate of drug-likeness (QED) is 0.880. The molecule has 1 aliphatic rings. The van der Waals surface area contributed by atoms with Crippen LogP contribution in [-0.4, -0.2) is 29.1 Å². The molecule has 1 aliphatic carbocycles. The van der Waals surface area contributed by atoms with E-state index in [9.17, 15) is 5.11 Å². The third kappa shape index (κ3) is 3.48. The Hall–Kier alpha value is -1.06. The summed E-state index contributed by atoms with van der Waals surface area (Å²) in [5.41, 5.74) is 9.18. The SMILES string of the molecule is Cc1cc(CN(C)C2CCC(N)CC2)cc(C)c1O. The van der Waals surface area contributed by atoms with E-state index >= 15 is 0 Å². The van der Waals surface area contributed by atoms with Crippen LogP contribution in [0.3, 0.4) is 0 Å². The van der Waals surface area contributed by atoms with E-state index in [-0.39, 0.29) is 0 Å². The minimum absolute atomic E-state index is 0.405. The van der Waals surface area contributed by atoms with E-state index in [1.165, 1.54) is 18.4 Å². The second kappa shape index (κ2) is 5.93. The Morgan fingerprint density at radius 3 is 2.21 bits per heavy atom. The topological polar surface area (TPSA) is 49.5 Å². The summed E-state index contributed by atoms with van der Waals surface area (Å²) in [4.78, 5) is 2.43. The second-order valence-electron chi connectivity index (χ2n) is 6.06. The van der Waals surface area contributed by atoms with Crippen LogP contribution in [0.15, 0.2) is 12.1 Å². The molecule has 0 aliphatic heterocycles. The second-order valence-corrected chi connectivity index (χ2v) is 6.06. The van der Waals surface area contributed by atoms with E-state index in [0.717, 1.165) is 30.5 Å². The normalized spacial score (nSPS) is 23.8. The van der Waals surface area contributed by atoms with Gasteiger partial charge in [0, 0.05) is 18.6 Å². The number of nitrogens with two attached hydrogens (primary N) is 1. The van der Waals surface area contributed by atoms with Crippen molar-refractivity contribution in [2.24, 2.45) is 5.73 Å². The average Bonchev–Trinajstić information content (AvgIpc) is 2.36. The third-order valence-corrected chi connectivity index (χ3v) is 4.35. The number of hydrogen-bond acceptors (Lipinski definition) is 3. The first-order chi connectivity index (χ1) is 8.97. The van der Waals surface area contributed by atoms with E-state index in [0.29, 0.717) is 17.8 Å². The number of benzene rings is 1. The minimum Gasteiger partial charge on any atom is -0.507 e. The highest BCUT2D eigenvalue weighted by Crippen LogP contribution is 2.26. The number of rotatable bonds is 3. The molecule has 0 saturated heterocycles. The van der Waals surface area contributed by atoms with Gasteiger partial charge in [-0.1, -0.05) is 12.1 Å². The van der Waals surface area contributed by atoms with Crippen molar-refractivity contribution in [2.45, 2.75) is 58.2 Å². The monoisotopic (exact) mass is 262 g/mol. The fraction of sp³-hybridized carbons (Fsp3) is 0.625. The summed E-state index contributed by atoms with van der Waals surface area (Å²) < 4.78 is 0. The highest BCUT2D eigenvalue weighted by molar-refractivity contribution is 5.42. The van der Waals surface area contributed by atoms with E-state index in [1.807, 2.05) is 13.8 Å². The van der Waals surface area contributed by atoms with Gasteiger partial charge in [-0.15, -0.1) is 0 Å². The van der Waals surface area contributed by atoms with Crippen LogP contribution in [0.2, 0.25) is 0 Å². The maximum Gasteiger partial charge on any atom is 0.121 e. The zero-order chi connectivity index (χ0) is 14.0. The van der Waals surface area contributed by atoms with Gasteiger partial charge in [0.25, 0.3) is 0 Å². The fourth-order valence-corrected chi connectivity index (χ4v) is 3.10. The van der Waals surface area contributed by atoms with Crippen LogP contribution < -0.4 is 5.73 Å². The van der Waals surface area contributed by atoms with Gasteiger partial charge in [-0.2, -0.15) is 0 Å². The Kier molecular flexibility index (Phi) is 4.48. The molecule has 1 saturated carbocycles. The predicted octanol–water partition coefficient (Wildman–Crippen LogP) is 2.71. The molecule has 3 heteroatoms. The van der Waals surface area contributed by atoms with Crippen molar-refractivity contribution < 1.29 is 5.11 Å². The van der Waals surface area contributed by atoms with Gasteiger partial charge < -0.3 is 10.8 Å². The van der Waals surface area contributed by atoms with E-state index in [4.69, 9.17) is 5.73 Å². The standard InChI is InChI=1S/C16H26N2O/c1-11-8-13(9-12(2)16(11)19)10-18(3)15-6-4-14(17)5-7-15/h8-9,14-15,19H,4-7,10,17H2,1-3H3. The van der Waals surface area contributed by atoms with Crippen molar-refractivity contribution in [1.29, 1.82) is 0 Å². The van der Waals surface area contributed by atoms with Crippen LogP contribution in [-0.2, 0) is 6.54 Å². The van der Waals surface area contributed by atoms with Gasteiger partial charge in [-0.25, -0.2) is 0 Å². The Balaban J connectivity index is 2.00. The highest BCUT2D eigenvalue weighted by atomic mass is 16.3. The number of phenols is 1. The lowest BCUT2D eigenvalue weighted by atomic mass is 9.90. The van der Waals surface area contributed by atoms with Gasteiger partial charge in [0.2, 0.25) is 0 Å². The summed E-state index contributed by atoms with van der Waals surface area (Å²) in [5.74, 6) is 0.426. The lowest BCUT2D eigenvalue weighted by Crippen LogP contribution is -2.38. The molecule has 0 bridgehead atoms. The molecule has 1 fully saturated rings. The Bertz CT molecular complexity index is 413. The molecule has 0 amide bonds. The minimum atomic E-state index is 0.405. The zero-order valence-electron chi connectivity index (χ0n) is 12.3. The molecule has 0 heterocycles. The van der Waals surface area contributed by atoms with E-state index in [2.05, 4.69) is 24.1 Å². The molecule has 0 radical (unpaired) electrons. The van der Waals surface area contributed by atoms with Crippen molar-refractivity contribution in [2.75, 3.05) is 7.05 Å². The van der Waals surface area contributed by atoms with E-state index < -0.39 is 0 Å². The largest absolute Gasteiger partial charge is 0.507 e. The molecule has 1 aromatic rings. The van der Waals surface area contributed by atoms with Crippen LogP contribution in [0.5, 0.6) is 5.75 Å². The summed E-state index contributed by atoms with van der Waals surface area (Å²) in [5, 5.41) is 9.82. The van der Waals surface area contributed by atoms with Gasteiger partial charge in [-0.3, -0.25) is 4.90 Å². The molecule has 3 N–H and O–H groups in total. The lowest BCUT2D eigenvalue weighted by molar-refractivity contribution is 0.176.